The molecule has 0 amide bonds. The summed E-state index contributed by atoms with van der Waals surface area (Å²) in [6.07, 6.45) is 2.47. The Morgan fingerprint density at radius 1 is 1.16 bits per heavy atom. The van der Waals surface area contributed by atoms with Crippen LogP contribution in [-0.4, -0.2) is 47.1 Å². The van der Waals surface area contributed by atoms with Gasteiger partial charge in [0.05, 0.1) is 0 Å². The van der Waals surface area contributed by atoms with E-state index in [1.165, 1.54) is 3.78 Å². The molecule has 0 spiro atoms. The quantitative estimate of drug-likeness (QED) is 0.400. The van der Waals surface area contributed by atoms with Crippen LogP contribution in [0.5, 0.6) is 0 Å². The van der Waals surface area contributed by atoms with Crippen molar-refractivity contribution < 1.29 is 14.3 Å². The second-order valence-corrected chi connectivity index (χ2v) is 11.9. The SMILES string of the molecule is CC1(C)OC2=C(CC1Cn1cc(C[Se]c3cccs3)nn1)C(=O)C(=O)c1ccccc12. The molecule has 1 atom stereocenters. The van der Waals surface area contributed by atoms with Gasteiger partial charge in [0.2, 0.25) is 0 Å². The number of Topliss-reactive ketones (excluding diaryl/α,β-unsaturated/α-hetero) is 2. The van der Waals surface area contributed by atoms with Crippen molar-refractivity contribution >= 4 is 47.4 Å². The van der Waals surface area contributed by atoms with Crippen LogP contribution >= 0.6 is 11.3 Å². The molecule has 6 nitrogen and oxygen atoms in total. The van der Waals surface area contributed by atoms with E-state index in [9.17, 15) is 9.59 Å². The molecule has 1 aliphatic carbocycles. The van der Waals surface area contributed by atoms with Crippen LogP contribution in [0.2, 0.25) is 0 Å². The normalized spacial score (nSPS) is 19.7. The van der Waals surface area contributed by atoms with E-state index >= 15 is 0 Å². The van der Waals surface area contributed by atoms with E-state index < -0.39 is 17.2 Å². The zero-order valence-corrected chi connectivity index (χ0v) is 19.7. The van der Waals surface area contributed by atoms with E-state index in [0.717, 1.165) is 11.0 Å². The van der Waals surface area contributed by atoms with Gasteiger partial charge >= 0.3 is 185 Å². The Hall–Kier alpha value is -2.54. The zero-order chi connectivity index (χ0) is 21.6. The number of thiophene rings is 1. The second kappa shape index (κ2) is 7.86. The van der Waals surface area contributed by atoms with Crippen LogP contribution in [0.25, 0.3) is 5.76 Å². The molecule has 1 unspecified atom stereocenters. The Bertz CT molecular complexity index is 1200. The number of benzene rings is 1. The van der Waals surface area contributed by atoms with E-state index in [1.807, 2.05) is 36.9 Å². The average Bonchev–Trinajstić information content (AvgIpc) is 3.43. The van der Waals surface area contributed by atoms with Gasteiger partial charge in [-0.05, 0) is 0 Å². The molecule has 1 aromatic carbocycles. The van der Waals surface area contributed by atoms with Crippen molar-refractivity contribution in [2.45, 2.75) is 37.7 Å². The summed E-state index contributed by atoms with van der Waals surface area (Å²) in [6, 6.07) is 11.4. The summed E-state index contributed by atoms with van der Waals surface area (Å²) in [4.78, 5) is 25.4. The van der Waals surface area contributed by atoms with Crippen molar-refractivity contribution in [2.24, 2.45) is 5.92 Å². The van der Waals surface area contributed by atoms with E-state index in [2.05, 4.69) is 27.8 Å². The average molecular weight is 498 g/mol. The fourth-order valence-electron chi connectivity index (χ4n) is 4.04. The number of carbonyl (C=O) groups excluding carboxylic acids is 2. The van der Waals surface area contributed by atoms with Crippen LogP contribution in [0.15, 0.2) is 53.5 Å². The first-order valence-electron chi connectivity index (χ1n) is 10.1. The van der Waals surface area contributed by atoms with Crippen LogP contribution in [0.1, 0.15) is 41.9 Å². The minimum absolute atomic E-state index is 0.00869. The van der Waals surface area contributed by atoms with Gasteiger partial charge in [-0.3, -0.25) is 0 Å². The number of fused-ring (bicyclic) bond motifs is 2. The van der Waals surface area contributed by atoms with Gasteiger partial charge in [-0.15, -0.1) is 0 Å². The summed E-state index contributed by atoms with van der Waals surface area (Å²) in [5.74, 6) is -0.354. The molecule has 0 radical (unpaired) electrons. The van der Waals surface area contributed by atoms with Crippen LogP contribution in [-0.2, 0) is 21.4 Å². The molecule has 0 fully saturated rings. The van der Waals surface area contributed by atoms with E-state index in [-0.39, 0.29) is 5.92 Å². The maximum absolute atomic E-state index is 12.8. The third kappa shape index (κ3) is 3.80. The van der Waals surface area contributed by atoms with Crippen LogP contribution in [0.4, 0.5) is 0 Å². The van der Waals surface area contributed by atoms with E-state index in [4.69, 9.17) is 4.74 Å². The molecule has 2 aromatic heterocycles. The monoisotopic (exact) mass is 499 g/mol. The number of hydrogen-bond acceptors (Lipinski definition) is 6. The predicted molar refractivity (Wildman–Crippen MR) is 119 cm³/mol. The van der Waals surface area contributed by atoms with Gasteiger partial charge in [-0.1, -0.05) is 6.07 Å². The molecule has 1 aliphatic heterocycles. The Balaban J connectivity index is 1.37. The first-order chi connectivity index (χ1) is 14.9. The molecule has 0 N–H and O–H groups in total. The maximum atomic E-state index is 12.8. The molecule has 3 heterocycles. The van der Waals surface area contributed by atoms with Crippen molar-refractivity contribution in [3.05, 3.63) is 70.4 Å². The second-order valence-electron chi connectivity index (χ2n) is 8.27. The van der Waals surface area contributed by atoms with Gasteiger partial charge in [0, 0.05) is 0 Å². The molecule has 3 aromatic rings. The Labute approximate surface area is 190 Å². The molecule has 0 saturated heterocycles. The molecule has 158 valence electrons. The van der Waals surface area contributed by atoms with Crippen LogP contribution in [0, 0.1) is 5.92 Å². The van der Waals surface area contributed by atoms with Crippen molar-refractivity contribution in [2.75, 3.05) is 0 Å². The molecule has 0 bridgehead atoms. The number of nitrogens with zero attached hydrogens (tertiary/aromatic N) is 3. The predicted octanol–water partition coefficient (Wildman–Crippen LogP) is 2.86. The van der Waals surface area contributed by atoms with Crippen molar-refractivity contribution in [1.82, 2.24) is 15.0 Å². The van der Waals surface area contributed by atoms with Crippen LogP contribution in [0.3, 0.4) is 0 Å². The number of allylic oxidation sites excluding steroid dienone is 1. The number of carbonyl (C=O) groups is 2. The van der Waals surface area contributed by atoms with Gasteiger partial charge in [-0.25, -0.2) is 0 Å². The summed E-state index contributed by atoms with van der Waals surface area (Å²) in [7, 11) is 0. The topological polar surface area (TPSA) is 74.1 Å². The number of aromatic nitrogens is 3. The standard InChI is InChI=1S/C23H21N3O3SSe/c1-23(2)14(11-26-12-15(24-25-26)13-31-19-8-5-9-30-19)10-18-21(28)20(27)16-6-3-4-7-17(16)22(18)29-23/h3-9,12,14H,10-11,13H2,1-2H3. The molecule has 5 rings (SSSR count). The summed E-state index contributed by atoms with van der Waals surface area (Å²) >= 11 is 2.13. The Morgan fingerprint density at radius 2 is 1.97 bits per heavy atom. The van der Waals surface area contributed by atoms with Gasteiger partial charge in [-0.2, -0.15) is 0 Å². The third-order valence-electron chi connectivity index (χ3n) is 5.82. The van der Waals surface area contributed by atoms with Gasteiger partial charge in [0.1, 0.15) is 0 Å². The van der Waals surface area contributed by atoms with Crippen molar-refractivity contribution in [3.63, 3.8) is 0 Å². The zero-order valence-electron chi connectivity index (χ0n) is 17.2. The number of hydrogen-bond donors (Lipinski definition) is 0. The minimum atomic E-state index is -0.514. The first kappa shape index (κ1) is 20.4. The summed E-state index contributed by atoms with van der Waals surface area (Å²) < 4.78 is 9.59. The van der Waals surface area contributed by atoms with Crippen molar-refractivity contribution in [3.8, 4) is 0 Å². The molecule has 31 heavy (non-hydrogen) atoms. The molecular formula is C23H21N3O3SSe. The fraction of sp³-hybridized carbons (Fsp3) is 0.304. The molecule has 0 saturated carbocycles. The van der Waals surface area contributed by atoms with E-state index in [1.54, 1.807) is 23.5 Å². The van der Waals surface area contributed by atoms with Crippen LogP contribution < -0.4 is 3.78 Å². The fourth-order valence-corrected chi connectivity index (χ4v) is 6.89. The first-order valence-corrected chi connectivity index (χ1v) is 13.0. The Kier molecular flexibility index (Phi) is 5.16. The number of ketones is 2. The van der Waals surface area contributed by atoms with Crippen molar-refractivity contribution in [1.29, 1.82) is 0 Å². The summed E-state index contributed by atoms with van der Waals surface area (Å²) in [5, 5.41) is 11.6. The van der Waals surface area contributed by atoms with Gasteiger partial charge in [0.15, 0.2) is 0 Å². The van der Waals surface area contributed by atoms with Gasteiger partial charge in [0.25, 0.3) is 0 Å². The Morgan fingerprint density at radius 3 is 2.74 bits per heavy atom. The molecular weight excluding hydrogens is 477 g/mol. The number of rotatable bonds is 5. The molecule has 2 aliphatic rings. The van der Waals surface area contributed by atoms with Gasteiger partial charge < -0.3 is 0 Å². The number of ether oxygens (including phenoxy) is 1. The molecule has 8 heteroatoms. The summed E-state index contributed by atoms with van der Waals surface area (Å²) in [6.45, 7) is 4.64. The summed E-state index contributed by atoms with van der Waals surface area (Å²) in [5.41, 5.74) is 2.08. The van der Waals surface area contributed by atoms with E-state index in [0.29, 0.717) is 50.4 Å². The third-order valence-corrected chi connectivity index (χ3v) is 9.51.